The average Bonchev–Trinajstić information content (AvgIpc) is 2.44. The molecule has 0 radical (unpaired) electrons. The molecule has 0 aromatic heterocycles. The summed E-state index contributed by atoms with van der Waals surface area (Å²) in [7, 11) is 3.49. The van der Waals surface area contributed by atoms with Gasteiger partial charge in [0.1, 0.15) is 4.99 Å². The van der Waals surface area contributed by atoms with Crippen LogP contribution in [-0.4, -0.2) is 41.8 Å². The fraction of sp³-hybridized carbons (Fsp3) is 0.333. The molecule has 0 aliphatic heterocycles. The molecule has 0 amide bonds. The Labute approximate surface area is 134 Å². The van der Waals surface area contributed by atoms with Crippen molar-refractivity contribution < 1.29 is 14.5 Å². The highest BCUT2D eigenvalue weighted by molar-refractivity contribution is 7.80. The number of carbonyl (C=O) groups excluding carboxylic acids is 1. The molecule has 0 saturated carbocycles. The van der Waals surface area contributed by atoms with Gasteiger partial charge in [0.2, 0.25) is 0 Å². The van der Waals surface area contributed by atoms with E-state index in [9.17, 15) is 14.9 Å². The Morgan fingerprint density at radius 1 is 1.50 bits per heavy atom. The van der Waals surface area contributed by atoms with E-state index in [2.05, 4.69) is 6.58 Å². The van der Waals surface area contributed by atoms with Crippen molar-refractivity contribution in [1.82, 2.24) is 4.90 Å². The van der Waals surface area contributed by atoms with Crippen LogP contribution >= 0.6 is 12.2 Å². The van der Waals surface area contributed by atoms with Crippen LogP contribution in [0.25, 0.3) is 0 Å². The largest absolute Gasteiger partial charge is 0.372 e. The van der Waals surface area contributed by atoms with Gasteiger partial charge in [-0.25, -0.2) is 0 Å². The molecule has 1 aromatic rings. The Bertz CT molecular complexity index is 626. The van der Waals surface area contributed by atoms with Gasteiger partial charge in [0.25, 0.3) is 5.69 Å². The van der Waals surface area contributed by atoms with Crippen LogP contribution in [0.1, 0.15) is 28.4 Å². The van der Waals surface area contributed by atoms with E-state index >= 15 is 0 Å². The van der Waals surface area contributed by atoms with E-state index in [1.807, 2.05) is 6.92 Å². The van der Waals surface area contributed by atoms with Gasteiger partial charge in [-0.05, 0) is 12.5 Å². The second-order valence-corrected chi connectivity index (χ2v) is 5.48. The number of carbonyl (C=O) groups is 1. The fourth-order valence-electron chi connectivity index (χ4n) is 1.84. The molecule has 0 saturated heterocycles. The average molecular weight is 322 g/mol. The fourth-order valence-corrected chi connectivity index (χ4v) is 2.09. The first-order chi connectivity index (χ1) is 10.3. The molecule has 0 N–H and O–H groups in total. The van der Waals surface area contributed by atoms with Crippen LogP contribution < -0.4 is 0 Å². The normalized spacial score (nSPS) is 10.1. The number of hydrogen-bond acceptors (Lipinski definition) is 5. The zero-order valence-electron chi connectivity index (χ0n) is 12.8. The van der Waals surface area contributed by atoms with Crippen LogP contribution in [0.15, 0.2) is 24.3 Å². The molecule has 0 spiro atoms. The summed E-state index contributed by atoms with van der Waals surface area (Å²) in [6.45, 7) is 5.98. The second kappa shape index (κ2) is 7.77. The highest BCUT2D eigenvalue weighted by Gasteiger charge is 2.20. The van der Waals surface area contributed by atoms with Crippen molar-refractivity contribution >= 4 is 29.2 Å². The van der Waals surface area contributed by atoms with Crippen LogP contribution in [0.2, 0.25) is 0 Å². The minimum Gasteiger partial charge on any atom is -0.372 e. The van der Waals surface area contributed by atoms with E-state index < -0.39 is 4.92 Å². The number of ether oxygens (including phenoxy) is 1. The molecule has 0 heterocycles. The van der Waals surface area contributed by atoms with Gasteiger partial charge in [-0.1, -0.05) is 24.4 Å². The number of thiocarbonyl (C=S) groups is 1. The lowest BCUT2D eigenvalue weighted by Crippen LogP contribution is -2.24. The SMILES string of the molecule is C=C(C)COCc1cc([N+](=O)[O-])cc(C=O)c1C(=S)N(C)C. The number of nitrogens with zero attached hydrogens (tertiary/aromatic N) is 2. The molecule has 7 heteroatoms. The molecule has 1 aromatic carbocycles. The predicted molar refractivity (Wildman–Crippen MR) is 88.3 cm³/mol. The van der Waals surface area contributed by atoms with E-state index in [0.717, 1.165) is 5.57 Å². The van der Waals surface area contributed by atoms with Gasteiger partial charge in [0.15, 0.2) is 6.29 Å². The molecule has 0 bridgehead atoms. The number of nitro benzene ring substituents is 1. The lowest BCUT2D eigenvalue weighted by atomic mass is 10.00. The van der Waals surface area contributed by atoms with E-state index in [1.54, 1.807) is 19.0 Å². The molecule has 118 valence electrons. The summed E-state index contributed by atoms with van der Waals surface area (Å²) in [4.78, 5) is 23.9. The molecule has 0 unspecified atom stereocenters. The monoisotopic (exact) mass is 322 g/mol. The lowest BCUT2D eigenvalue weighted by molar-refractivity contribution is -0.385. The third kappa shape index (κ3) is 4.44. The number of non-ortho nitro benzene ring substituents is 1. The van der Waals surface area contributed by atoms with Gasteiger partial charge in [-0.3, -0.25) is 14.9 Å². The first-order valence-electron chi connectivity index (χ1n) is 6.48. The number of aldehydes is 1. The van der Waals surface area contributed by atoms with Crippen molar-refractivity contribution in [2.75, 3.05) is 20.7 Å². The second-order valence-electron chi connectivity index (χ2n) is 5.09. The molecule has 22 heavy (non-hydrogen) atoms. The lowest BCUT2D eigenvalue weighted by Gasteiger charge is -2.19. The van der Waals surface area contributed by atoms with Crippen molar-refractivity contribution in [3.8, 4) is 0 Å². The maximum atomic E-state index is 11.3. The molecule has 0 aliphatic carbocycles. The van der Waals surface area contributed by atoms with Gasteiger partial charge in [0, 0.05) is 37.4 Å². The van der Waals surface area contributed by atoms with Gasteiger partial charge in [-0.2, -0.15) is 0 Å². The van der Waals surface area contributed by atoms with Crippen LogP contribution in [0.4, 0.5) is 5.69 Å². The highest BCUT2D eigenvalue weighted by Crippen LogP contribution is 2.24. The zero-order valence-corrected chi connectivity index (χ0v) is 13.6. The molecular weight excluding hydrogens is 304 g/mol. The summed E-state index contributed by atoms with van der Waals surface area (Å²) in [5.41, 5.74) is 1.85. The van der Waals surface area contributed by atoms with Crippen molar-refractivity contribution in [1.29, 1.82) is 0 Å². The summed E-state index contributed by atoms with van der Waals surface area (Å²) in [5, 5.41) is 11.0. The first-order valence-corrected chi connectivity index (χ1v) is 6.89. The first kappa shape index (κ1) is 17.9. The molecular formula is C15H18N2O4S. The van der Waals surface area contributed by atoms with Crippen LogP contribution in [0.3, 0.4) is 0 Å². The summed E-state index contributed by atoms with van der Waals surface area (Å²) >= 11 is 5.32. The number of nitro groups is 1. The predicted octanol–water partition coefficient (Wildman–Crippen LogP) is 2.74. The van der Waals surface area contributed by atoms with E-state index in [-0.39, 0.29) is 17.9 Å². The molecule has 0 atom stereocenters. The zero-order chi connectivity index (χ0) is 16.9. The summed E-state index contributed by atoms with van der Waals surface area (Å²) in [6.07, 6.45) is 0.570. The van der Waals surface area contributed by atoms with E-state index in [4.69, 9.17) is 17.0 Å². The topological polar surface area (TPSA) is 72.7 Å². The van der Waals surface area contributed by atoms with Gasteiger partial charge in [-0.15, -0.1) is 0 Å². The van der Waals surface area contributed by atoms with Crippen LogP contribution in [-0.2, 0) is 11.3 Å². The van der Waals surface area contributed by atoms with Crippen molar-refractivity contribution in [2.45, 2.75) is 13.5 Å². The summed E-state index contributed by atoms with van der Waals surface area (Å²) < 4.78 is 5.47. The molecule has 0 fully saturated rings. The maximum absolute atomic E-state index is 11.3. The minimum absolute atomic E-state index is 0.110. The van der Waals surface area contributed by atoms with E-state index in [1.165, 1.54) is 12.1 Å². The quantitative estimate of drug-likeness (QED) is 0.253. The standard InChI is InChI=1S/C15H18N2O4S/c1-10(2)8-21-9-12-6-13(17(19)20)5-11(7-18)14(12)15(22)16(3)4/h5-7H,1,8-9H2,2-4H3. The van der Waals surface area contributed by atoms with Gasteiger partial charge < -0.3 is 9.64 Å². The Hall–Kier alpha value is -2.12. The number of rotatable bonds is 7. The van der Waals surface area contributed by atoms with Crippen molar-refractivity contribution in [3.05, 3.63) is 51.1 Å². The molecule has 1 rings (SSSR count). The Balaban J connectivity index is 3.35. The molecule has 0 aliphatic rings. The number of hydrogen-bond donors (Lipinski definition) is 0. The number of benzene rings is 1. The van der Waals surface area contributed by atoms with Gasteiger partial charge >= 0.3 is 0 Å². The Morgan fingerprint density at radius 2 is 2.14 bits per heavy atom. The molecule has 6 nitrogen and oxygen atoms in total. The summed E-state index contributed by atoms with van der Waals surface area (Å²) in [6, 6.07) is 2.61. The van der Waals surface area contributed by atoms with Gasteiger partial charge in [0.05, 0.1) is 18.1 Å². The van der Waals surface area contributed by atoms with Crippen molar-refractivity contribution in [3.63, 3.8) is 0 Å². The minimum atomic E-state index is -0.544. The summed E-state index contributed by atoms with van der Waals surface area (Å²) in [5.74, 6) is 0. The Kier molecular flexibility index (Phi) is 6.33. The van der Waals surface area contributed by atoms with Crippen LogP contribution in [0, 0.1) is 10.1 Å². The Morgan fingerprint density at radius 3 is 2.59 bits per heavy atom. The third-order valence-electron chi connectivity index (χ3n) is 2.80. The van der Waals surface area contributed by atoms with E-state index in [0.29, 0.717) is 29.0 Å². The maximum Gasteiger partial charge on any atom is 0.270 e. The smallest absolute Gasteiger partial charge is 0.270 e. The van der Waals surface area contributed by atoms with Crippen molar-refractivity contribution in [2.24, 2.45) is 0 Å². The highest BCUT2D eigenvalue weighted by atomic mass is 32.1. The van der Waals surface area contributed by atoms with Crippen LogP contribution in [0.5, 0.6) is 0 Å². The third-order valence-corrected chi connectivity index (χ3v) is 3.37.